The highest BCUT2D eigenvalue weighted by Gasteiger charge is 2.11. The molecule has 1 aromatic heterocycles. The number of hydrogen-bond donors (Lipinski definition) is 0. The Morgan fingerprint density at radius 1 is 1.46 bits per heavy atom. The van der Waals surface area contributed by atoms with Crippen LogP contribution in [0.5, 0.6) is 0 Å². The van der Waals surface area contributed by atoms with Crippen LogP contribution >= 0.6 is 0 Å². The molecule has 7 heteroatoms. The molecule has 1 heterocycles. The van der Waals surface area contributed by atoms with Crippen LogP contribution in [0, 0.1) is 5.82 Å². The summed E-state index contributed by atoms with van der Waals surface area (Å²) in [6, 6.07) is 0. The first kappa shape index (κ1) is 10.0. The Morgan fingerprint density at radius 3 is 2.46 bits per heavy atom. The third-order valence-corrected chi connectivity index (χ3v) is 2.35. The number of halogens is 1. The molecule has 72 valence electrons. The van der Waals surface area contributed by atoms with Crippen LogP contribution in [0.25, 0.3) is 0 Å². The van der Waals surface area contributed by atoms with E-state index in [2.05, 4.69) is 14.2 Å². The summed E-state index contributed by atoms with van der Waals surface area (Å²) >= 11 is 0. The van der Waals surface area contributed by atoms with Crippen molar-refractivity contribution in [1.29, 1.82) is 0 Å². The minimum Gasteiger partial charge on any atom is -0.273 e. The SMILES string of the molecule is COS(=O)(=O)Cc1ncc(F)cn1. The maximum absolute atomic E-state index is 12.3. The van der Waals surface area contributed by atoms with Gasteiger partial charge in [0.15, 0.2) is 5.82 Å². The molecule has 0 aromatic carbocycles. The Labute approximate surface area is 74.7 Å². The summed E-state index contributed by atoms with van der Waals surface area (Å²) in [4.78, 5) is 6.93. The smallest absolute Gasteiger partial charge is 0.273 e. The highest BCUT2D eigenvalue weighted by Crippen LogP contribution is 2.01. The second-order valence-electron chi connectivity index (χ2n) is 2.19. The molecule has 0 atom stereocenters. The maximum Gasteiger partial charge on any atom is 0.274 e. The van der Waals surface area contributed by atoms with E-state index in [0.717, 1.165) is 19.5 Å². The lowest BCUT2D eigenvalue weighted by Gasteiger charge is -1.98. The standard InChI is InChI=1S/C6H7FN2O3S/c1-12-13(10,11)4-6-8-2-5(7)3-9-6/h2-3H,4H2,1H3. The molecule has 0 fully saturated rings. The Bertz CT molecular complexity index is 375. The fourth-order valence-corrected chi connectivity index (χ4v) is 1.21. The molecule has 0 saturated heterocycles. The molecule has 0 saturated carbocycles. The van der Waals surface area contributed by atoms with Gasteiger partial charge in [0.25, 0.3) is 10.1 Å². The van der Waals surface area contributed by atoms with Crippen molar-refractivity contribution >= 4 is 10.1 Å². The Kier molecular flexibility index (Phi) is 2.89. The molecule has 0 spiro atoms. The van der Waals surface area contributed by atoms with Gasteiger partial charge < -0.3 is 0 Å². The van der Waals surface area contributed by atoms with Crippen molar-refractivity contribution in [2.45, 2.75) is 5.75 Å². The van der Waals surface area contributed by atoms with E-state index < -0.39 is 21.7 Å². The zero-order valence-corrected chi connectivity index (χ0v) is 7.58. The number of rotatable bonds is 3. The second kappa shape index (κ2) is 3.75. The van der Waals surface area contributed by atoms with Crippen LogP contribution < -0.4 is 0 Å². The number of aromatic nitrogens is 2. The lowest BCUT2D eigenvalue weighted by molar-refractivity contribution is 0.396. The predicted molar refractivity (Wildman–Crippen MR) is 41.6 cm³/mol. The summed E-state index contributed by atoms with van der Waals surface area (Å²) in [5, 5.41) is 0. The summed E-state index contributed by atoms with van der Waals surface area (Å²) < 4.78 is 38.2. The zero-order chi connectivity index (χ0) is 9.90. The van der Waals surface area contributed by atoms with Crippen molar-refractivity contribution in [3.63, 3.8) is 0 Å². The van der Waals surface area contributed by atoms with E-state index in [1.54, 1.807) is 0 Å². The van der Waals surface area contributed by atoms with E-state index in [9.17, 15) is 12.8 Å². The van der Waals surface area contributed by atoms with E-state index in [-0.39, 0.29) is 5.82 Å². The van der Waals surface area contributed by atoms with E-state index in [0.29, 0.717) is 0 Å². The minimum absolute atomic E-state index is 0.00301. The molecule has 0 unspecified atom stereocenters. The molecule has 13 heavy (non-hydrogen) atoms. The summed E-state index contributed by atoms with van der Waals surface area (Å²) in [5.74, 6) is -1.06. The average Bonchev–Trinajstić information content (AvgIpc) is 2.09. The zero-order valence-electron chi connectivity index (χ0n) is 6.77. The molecule has 5 nitrogen and oxygen atoms in total. The number of nitrogens with zero attached hydrogens (tertiary/aromatic N) is 2. The summed E-state index contributed by atoms with van der Waals surface area (Å²) in [6.45, 7) is 0. The molecule has 0 bridgehead atoms. The van der Waals surface area contributed by atoms with Crippen LogP contribution in [0.2, 0.25) is 0 Å². The largest absolute Gasteiger partial charge is 0.274 e. The van der Waals surface area contributed by atoms with Crippen molar-refractivity contribution in [2.75, 3.05) is 7.11 Å². The Morgan fingerprint density at radius 2 is 2.00 bits per heavy atom. The Hall–Kier alpha value is -1.08. The number of hydrogen-bond acceptors (Lipinski definition) is 5. The summed E-state index contributed by atoms with van der Waals surface area (Å²) in [7, 11) is -2.59. The van der Waals surface area contributed by atoms with Gasteiger partial charge in [-0.25, -0.2) is 14.4 Å². The van der Waals surface area contributed by atoms with Gasteiger partial charge in [0, 0.05) is 0 Å². The van der Waals surface area contributed by atoms with E-state index in [1.807, 2.05) is 0 Å². The van der Waals surface area contributed by atoms with Crippen LogP contribution in [0.1, 0.15) is 5.82 Å². The molecule has 0 aliphatic carbocycles. The van der Waals surface area contributed by atoms with Gasteiger partial charge in [-0.1, -0.05) is 0 Å². The van der Waals surface area contributed by atoms with Crippen molar-refractivity contribution in [1.82, 2.24) is 9.97 Å². The van der Waals surface area contributed by atoms with Crippen molar-refractivity contribution in [2.24, 2.45) is 0 Å². The van der Waals surface area contributed by atoms with Crippen molar-refractivity contribution in [3.8, 4) is 0 Å². The molecule has 1 aromatic rings. The van der Waals surface area contributed by atoms with Crippen LogP contribution in [0.3, 0.4) is 0 Å². The highest BCUT2D eigenvalue weighted by molar-refractivity contribution is 7.85. The molecule has 0 amide bonds. The molecule has 0 aliphatic rings. The van der Waals surface area contributed by atoms with Gasteiger partial charge in [-0.2, -0.15) is 8.42 Å². The monoisotopic (exact) mass is 206 g/mol. The van der Waals surface area contributed by atoms with E-state index >= 15 is 0 Å². The quantitative estimate of drug-likeness (QED) is 0.655. The first-order valence-corrected chi connectivity index (χ1v) is 4.86. The topological polar surface area (TPSA) is 69.2 Å². The van der Waals surface area contributed by atoms with Crippen LogP contribution in [-0.4, -0.2) is 25.5 Å². The van der Waals surface area contributed by atoms with Crippen LogP contribution in [0.15, 0.2) is 12.4 Å². The lowest BCUT2D eigenvalue weighted by atomic mass is 10.6. The summed E-state index contributed by atoms with van der Waals surface area (Å²) in [6.07, 6.45) is 1.79. The van der Waals surface area contributed by atoms with Crippen molar-refractivity contribution in [3.05, 3.63) is 24.0 Å². The van der Waals surface area contributed by atoms with Crippen LogP contribution in [-0.2, 0) is 20.1 Å². The molecule has 0 radical (unpaired) electrons. The van der Waals surface area contributed by atoms with Crippen LogP contribution in [0.4, 0.5) is 4.39 Å². The van der Waals surface area contributed by atoms with Crippen molar-refractivity contribution < 1.29 is 17.0 Å². The third kappa shape index (κ3) is 3.03. The van der Waals surface area contributed by atoms with Gasteiger partial charge >= 0.3 is 0 Å². The van der Waals surface area contributed by atoms with Gasteiger partial charge in [-0.15, -0.1) is 0 Å². The highest BCUT2D eigenvalue weighted by atomic mass is 32.2. The fraction of sp³-hybridized carbons (Fsp3) is 0.333. The first-order valence-electron chi connectivity index (χ1n) is 3.28. The third-order valence-electron chi connectivity index (χ3n) is 1.23. The maximum atomic E-state index is 12.3. The average molecular weight is 206 g/mol. The van der Waals surface area contributed by atoms with Gasteiger partial charge in [0.2, 0.25) is 0 Å². The molecular weight excluding hydrogens is 199 g/mol. The van der Waals surface area contributed by atoms with E-state index in [1.165, 1.54) is 0 Å². The molecule has 0 N–H and O–H groups in total. The van der Waals surface area contributed by atoms with Gasteiger partial charge in [0.1, 0.15) is 11.6 Å². The first-order chi connectivity index (χ1) is 6.03. The van der Waals surface area contributed by atoms with Gasteiger partial charge in [-0.3, -0.25) is 4.18 Å². The van der Waals surface area contributed by atoms with Gasteiger partial charge in [0.05, 0.1) is 19.5 Å². The normalized spacial score (nSPS) is 11.5. The fourth-order valence-electron chi connectivity index (χ4n) is 0.631. The van der Waals surface area contributed by atoms with E-state index in [4.69, 9.17) is 0 Å². The Balaban J connectivity index is 2.82. The second-order valence-corrected chi connectivity index (χ2v) is 3.92. The minimum atomic E-state index is -3.63. The molecule has 0 aliphatic heterocycles. The van der Waals surface area contributed by atoms with Gasteiger partial charge in [-0.05, 0) is 0 Å². The molecular formula is C6H7FN2O3S. The lowest BCUT2D eigenvalue weighted by Crippen LogP contribution is -2.08. The predicted octanol–water partition coefficient (Wildman–Crippen LogP) is 0.0919. The summed E-state index contributed by atoms with van der Waals surface area (Å²) in [5.41, 5.74) is 0. The molecule has 1 rings (SSSR count).